The van der Waals surface area contributed by atoms with Crippen LogP contribution in [0.15, 0.2) is 63.9 Å². The van der Waals surface area contributed by atoms with Crippen LogP contribution >= 0.6 is 11.3 Å². The molecule has 30 heavy (non-hydrogen) atoms. The molecular formula is C20H20N4O4S2. The number of phenolic OH excluding ortho intramolecular Hbond substituents is 1. The highest BCUT2D eigenvalue weighted by atomic mass is 32.2. The molecule has 1 aliphatic rings. The summed E-state index contributed by atoms with van der Waals surface area (Å²) in [6.45, 7) is 1.52. The molecule has 0 amide bonds. The number of ether oxygens (including phenoxy) is 1. The Morgan fingerprint density at radius 2 is 1.97 bits per heavy atom. The molecule has 0 bridgehead atoms. The van der Waals surface area contributed by atoms with Gasteiger partial charge in [-0.3, -0.25) is 5.43 Å². The summed E-state index contributed by atoms with van der Waals surface area (Å²) in [7, 11) is -3.56. The second-order valence-corrected chi connectivity index (χ2v) is 9.34. The second kappa shape index (κ2) is 8.92. The van der Waals surface area contributed by atoms with Gasteiger partial charge in [-0.15, -0.1) is 11.3 Å². The highest BCUT2D eigenvalue weighted by Crippen LogP contribution is 2.28. The molecule has 0 radical (unpaired) electrons. The summed E-state index contributed by atoms with van der Waals surface area (Å²) >= 11 is 1.36. The van der Waals surface area contributed by atoms with Crippen molar-refractivity contribution in [3.63, 3.8) is 0 Å². The zero-order valence-electron chi connectivity index (χ0n) is 15.9. The minimum atomic E-state index is -3.56. The number of aromatic hydroxyl groups is 1. The maximum absolute atomic E-state index is 12.9. The summed E-state index contributed by atoms with van der Waals surface area (Å²) in [5.41, 5.74) is 4.98. The van der Waals surface area contributed by atoms with Crippen molar-refractivity contribution < 1.29 is 18.3 Å². The number of aromatic nitrogens is 1. The van der Waals surface area contributed by atoms with Crippen LogP contribution in [0.1, 0.15) is 5.56 Å². The van der Waals surface area contributed by atoms with Crippen LogP contribution in [-0.2, 0) is 14.8 Å². The van der Waals surface area contributed by atoms with Crippen LogP contribution in [0.25, 0.3) is 11.3 Å². The lowest BCUT2D eigenvalue weighted by Gasteiger charge is -2.26. The van der Waals surface area contributed by atoms with Crippen molar-refractivity contribution in [1.82, 2.24) is 9.29 Å². The molecule has 1 aliphatic heterocycles. The molecule has 10 heteroatoms. The summed E-state index contributed by atoms with van der Waals surface area (Å²) in [5.74, 6) is 0.169. The maximum Gasteiger partial charge on any atom is 0.243 e. The van der Waals surface area contributed by atoms with Crippen molar-refractivity contribution in [2.45, 2.75) is 4.90 Å². The number of nitrogens with one attached hydrogen (secondary N) is 1. The number of sulfonamides is 1. The van der Waals surface area contributed by atoms with Crippen LogP contribution in [0, 0.1) is 0 Å². The van der Waals surface area contributed by atoms with E-state index >= 15 is 0 Å². The number of anilines is 1. The molecule has 0 atom stereocenters. The summed E-state index contributed by atoms with van der Waals surface area (Å²) in [6.07, 6.45) is 1.58. The van der Waals surface area contributed by atoms with Crippen LogP contribution in [0.3, 0.4) is 0 Å². The largest absolute Gasteiger partial charge is 0.508 e. The Morgan fingerprint density at radius 1 is 1.17 bits per heavy atom. The highest BCUT2D eigenvalue weighted by molar-refractivity contribution is 7.89. The van der Waals surface area contributed by atoms with Crippen LogP contribution < -0.4 is 5.43 Å². The van der Waals surface area contributed by atoms with E-state index < -0.39 is 10.0 Å². The number of hydrazone groups is 1. The van der Waals surface area contributed by atoms with Gasteiger partial charge < -0.3 is 9.84 Å². The van der Waals surface area contributed by atoms with Gasteiger partial charge in [-0.2, -0.15) is 9.41 Å². The Hall–Kier alpha value is -2.79. The van der Waals surface area contributed by atoms with Gasteiger partial charge in [-0.1, -0.05) is 24.3 Å². The first-order chi connectivity index (χ1) is 14.5. The SMILES string of the molecule is O=S(=O)(c1cccc(-c2csc(NN=Cc3cccc(O)c3)n2)c1)N1CCOCC1. The first-order valence-electron chi connectivity index (χ1n) is 9.24. The summed E-state index contributed by atoms with van der Waals surface area (Å²) in [5, 5.41) is 16.0. The summed E-state index contributed by atoms with van der Waals surface area (Å²) in [6, 6.07) is 13.5. The third-order valence-electron chi connectivity index (χ3n) is 4.49. The topological polar surface area (TPSA) is 104 Å². The van der Waals surface area contributed by atoms with Crippen molar-refractivity contribution in [2.24, 2.45) is 5.10 Å². The molecule has 2 N–H and O–H groups in total. The fourth-order valence-corrected chi connectivity index (χ4v) is 5.10. The fraction of sp³-hybridized carbons (Fsp3) is 0.200. The second-order valence-electron chi connectivity index (χ2n) is 6.55. The van der Waals surface area contributed by atoms with Crippen molar-refractivity contribution in [1.29, 1.82) is 0 Å². The van der Waals surface area contributed by atoms with E-state index in [1.807, 2.05) is 17.5 Å². The van der Waals surface area contributed by atoms with Crippen molar-refractivity contribution in [3.05, 3.63) is 59.5 Å². The molecule has 0 saturated carbocycles. The molecule has 2 heterocycles. The van der Waals surface area contributed by atoms with Crippen LogP contribution in [0.2, 0.25) is 0 Å². The number of phenols is 1. The minimum absolute atomic E-state index is 0.169. The molecule has 2 aromatic carbocycles. The van der Waals surface area contributed by atoms with E-state index in [2.05, 4.69) is 15.5 Å². The molecule has 0 spiro atoms. The molecule has 8 nitrogen and oxygen atoms in total. The number of morpholine rings is 1. The lowest BCUT2D eigenvalue weighted by molar-refractivity contribution is 0.0730. The Morgan fingerprint density at radius 3 is 2.77 bits per heavy atom. The van der Waals surface area contributed by atoms with Crippen LogP contribution in [0.4, 0.5) is 5.13 Å². The van der Waals surface area contributed by atoms with Gasteiger partial charge in [0, 0.05) is 24.0 Å². The lowest BCUT2D eigenvalue weighted by atomic mass is 10.2. The molecule has 1 fully saturated rings. The van der Waals surface area contributed by atoms with E-state index in [-0.39, 0.29) is 10.6 Å². The summed E-state index contributed by atoms with van der Waals surface area (Å²) < 4.78 is 32.5. The third-order valence-corrected chi connectivity index (χ3v) is 7.13. The normalized spacial score (nSPS) is 15.5. The Bertz CT molecular complexity index is 1150. The maximum atomic E-state index is 12.9. The van der Waals surface area contributed by atoms with Crippen LogP contribution in [-0.4, -0.2) is 55.3 Å². The molecular weight excluding hydrogens is 424 g/mol. The Balaban J connectivity index is 1.49. The van der Waals surface area contributed by atoms with E-state index in [1.165, 1.54) is 15.6 Å². The van der Waals surface area contributed by atoms with E-state index in [0.29, 0.717) is 42.7 Å². The molecule has 1 saturated heterocycles. The van der Waals surface area contributed by atoms with E-state index in [4.69, 9.17) is 4.74 Å². The van der Waals surface area contributed by atoms with Crippen molar-refractivity contribution >= 4 is 32.7 Å². The predicted octanol–water partition coefficient (Wildman–Crippen LogP) is 2.98. The number of thiazole rings is 1. The smallest absolute Gasteiger partial charge is 0.243 e. The molecule has 156 valence electrons. The van der Waals surface area contributed by atoms with Gasteiger partial charge in [0.15, 0.2) is 0 Å². The van der Waals surface area contributed by atoms with E-state index in [9.17, 15) is 13.5 Å². The zero-order valence-corrected chi connectivity index (χ0v) is 17.6. The first-order valence-corrected chi connectivity index (χ1v) is 11.6. The molecule has 0 aliphatic carbocycles. The van der Waals surface area contributed by atoms with Crippen LogP contribution in [0.5, 0.6) is 5.75 Å². The molecule has 0 unspecified atom stereocenters. The monoisotopic (exact) mass is 444 g/mol. The average molecular weight is 445 g/mol. The van der Waals surface area contributed by atoms with Gasteiger partial charge in [0.1, 0.15) is 5.75 Å². The first kappa shape index (κ1) is 20.5. The average Bonchev–Trinajstić information content (AvgIpc) is 3.24. The standard InChI is InChI=1S/C20H20N4O4S2/c25-17-5-1-3-15(11-17)13-21-23-20-22-19(14-29-20)16-4-2-6-18(12-16)30(26,27)24-7-9-28-10-8-24/h1-6,11-14,25H,7-10H2,(H,22,23). The van der Waals surface area contributed by atoms with Gasteiger partial charge in [-0.25, -0.2) is 13.4 Å². The summed E-state index contributed by atoms with van der Waals surface area (Å²) in [4.78, 5) is 4.72. The number of hydrogen-bond donors (Lipinski definition) is 2. The number of nitrogens with zero attached hydrogens (tertiary/aromatic N) is 3. The Kier molecular flexibility index (Phi) is 6.09. The lowest BCUT2D eigenvalue weighted by Crippen LogP contribution is -2.40. The van der Waals surface area contributed by atoms with Crippen molar-refractivity contribution in [3.8, 4) is 17.0 Å². The van der Waals surface area contributed by atoms with Gasteiger partial charge in [0.2, 0.25) is 15.2 Å². The van der Waals surface area contributed by atoms with Gasteiger partial charge >= 0.3 is 0 Å². The predicted molar refractivity (Wildman–Crippen MR) is 116 cm³/mol. The number of rotatable bonds is 6. The Labute approximate surface area is 178 Å². The molecule has 1 aromatic heterocycles. The van der Waals surface area contributed by atoms with E-state index in [1.54, 1.807) is 42.6 Å². The fourth-order valence-electron chi connectivity index (χ4n) is 2.98. The van der Waals surface area contributed by atoms with Crippen molar-refractivity contribution in [2.75, 3.05) is 31.7 Å². The number of benzene rings is 2. The third kappa shape index (κ3) is 4.68. The quantitative estimate of drug-likeness (QED) is 0.447. The van der Waals surface area contributed by atoms with E-state index in [0.717, 1.165) is 5.56 Å². The minimum Gasteiger partial charge on any atom is -0.508 e. The van der Waals surface area contributed by atoms with Gasteiger partial charge in [0.25, 0.3) is 0 Å². The van der Waals surface area contributed by atoms with Gasteiger partial charge in [-0.05, 0) is 29.8 Å². The van der Waals surface area contributed by atoms with Gasteiger partial charge in [0.05, 0.1) is 30.0 Å². The molecule has 4 rings (SSSR count). The number of hydrogen-bond acceptors (Lipinski definition) is 8. The zero-order chi connectivity index (χ0) is 21.0. The molecule has 3 aromatic rings. The highest BCUT2D eigenvalue weighted by Gasteiger charge is 2.26.